The fourth-order valence-corrected chi connectivity index (χ4v) is 2.50. The van der Waals surface area contributed by atoms with Crippen molar-refractivity contribution in [1.82, 2.24) is 0 Å². The maximum Gasteiger partial charge on any atom is 0.328 e. The van der Waals surface area contributed by atoms with Crippen molar-refractivity contribution in [2.24, 2.45) is 0 Å². The monoisotopic (exact) mass is 315 g/mol. The Hall–Kier alpha value is -3.33. The lowest BCUT2D eigenvalue weighted by molar-refractivity contribution is -0.131. The molecule has 0 unspecified atom stereocenters. The predicted molar refractivity (Wildman–Crippen MR) is 97.8 cm³/mol. The van der Waals surface area contributed by atoms with E-state index in [2.05, 4.69) is 29.2 Å². The second-order valence-electron chi connectivity index (χ2n) is 5.27. The number of hydrogen-bond acceptors (Lipinski definition) is 2. The molecule has 0 saturated carbocycles. The summed E-state index contributed by atoms with van der Waals surface area (Å²) in [6.45, 7) is 0. The predicted octanol–water partition coefficient (Wildman–Crippen LogP) is 5.25. The van der Waals surface area contributed by atoms with Crippen molar-refractivity contribution < 1.29 is 9.90 Å². The first-order chi connectivity index (χ1) is 11.7. The second-order valence-corrected chi connectivity index (χ2v) is 5.27. The van der Waals surface area contributed by atoms with Gasteiger partial charge in [-0.05, 0) is 48.0 Å². The molecule has 0 aliphatic carbocycles. The van der Waals surface area contributed by atoms with Crippen LogP contribution in [0.3, 0.4) is 0 Å². The first kappa shape index (κ1) is 15.6. The molecule has 3 heteroatoms. The molecule has 24 heavy (non-hydrogen) atoms. The van der Waals surface area contributed by atoms with Crippen LogP contribution in [0.1, 0.15) is 5.56 Å². The Morgan fingerprint density at radius 1 is 0.708 bits per heavy atom. The van der Waals surface area contributed by atoms with Crippen LogP contribution in [0, 0.1) is 0 Å². The molecule has 3 nitrogen and oxygen atoms in total. The molecule has 0 spiro atoms. The standard InChI is InChI=1S/C21H17NO2/c23-21(24)16-13-17-11-14-20(15-12-17)22(18-7-3-1-4-8-18)19-9-5-2-6-10-19/h1-16H,(H,23,24). The van der Waals surface area contributed by atoms with Crippen LogP contribution in [0.15, 0.2) is 91.0 Å². The molecule has 0 heterocycles. The zero-order chi connectivity index (χ0) is 16.8. The summed E-state index contributed by atoms with van der Waals surface area (Å²) in [4.78, 5) is 12.8. The Labute approximate surface area is 141 Å². The minimum Gasteiger partial charge on any atom is -0.478 e. The van der Waals surface area contributed by atoms with Crippen molar-refractivity contribution in [2.75, 3.05) is 4.90 Å². The molecule has 3 aromatic carbocycles. The molecule has 1 N–H and O–H groups in total. The van der Waals surface area contributed by atoms with E-state index in [0.717, 1.165) is 28.7 Å². The summed E-state index contributed by atoms with van der Waals surface area (Å²) in [6, 6.07) is 28.1. The Kier molecular flexibility index (Phi) is 4.73. The van der Waals surface area contributed by atoms with Crippen LogP contribution < -0.4 is 4.90 Å². The van der Waals surface area contributed by atoms with Gasteiger partial charge in [-0.15, -0.1) is 0 Å². The van der Waals surface area contributed by atoms with Gasteiger partial charge < -0.3 is 10.0 Å². The molecular weight excluding hydrogens is 298 g/mol. The fraction of sp³-hybridized carbons (Fsp3) is 0. The lowest BCUT2D eigenvalue weighted by Gasteiger charge is -2.25. The van der Waals surface area contributed by atoms with Gasteiger partial charge in [0.05, 0.1) is 0 Å². The van der Waals surface area contributed by atoms with Gasteiger partial charge in [-0.3, -0.25) is 0 Å². The lowest BCUT2D eigenvalue weighted by Crippen LogP contribution is -2.09. The van der Waals surface area contributed by atoms with Crippen LogP contribution in [-0.4, -0.2) is 11.1 Å². The van der Waals surface area contributed by atoms with E-state index in [1.54, 1.807) is 6.08 Å². The number of benzene rings is 3. The van der Waals surface area contributed by atoms with Gasteiger partial charge in [-0.1, -0.05) is 48.5 Å². The van der Waals surface area contributed by atoms with Crippen LogP contribution >= 0.6 is 0 Å². The van der Waals surface area contributed by atoms with Gasteiger partial charge in [0.15, 0.2) is 0 Å². The summed E-state index contributed by atoms with van der Waals surface area (Å²) in [5, 5.41) is 8.72. The number of carboxylic acid groups (broad SMARTS) is 1. The van der Waals surface area contributed by atoms with Crippen LogP contribution in [0.2, 0.25) is 0 Å². The van der Waals surface area contributed by atoms with Crippen molar-refractivity contribution in [3.8, 4) is 0 Å². The fourth-order valence-electron chi connectivity index (χ4n) is 2.50. The van der Waals surface area contributed by atoms with E-state index < -0.39 is 5.97 Å². The Bertz CT molecular complexity index is 785. The van der Waals surface area contributed by atoms with Gasteiger partial charge in [0.2, 0.25) is 0 Å². The van der Waals surface area contributed by atoms with Crippen molar-refractivity contribution in [2.45, 2.75) is 0 Å². The lowest BCUT2D eigenvalue weighted by atomic mass is 10.1. The summed E-state index contributed by atoms with van der Waals surface area (Å²) in [5.41, 5.74) is 4.00. The van der Waals surface area contributed by atoms with Gasteiger partial charge in [0, 0.05) is 23.1 Å². The van der Waals surface area contributed by atoms with Crippen molar-refractivity contribution in [3.05, 3.63) is 96.6 Å². The Balaban J connectivity index is 1.99. The molecule has 0 aromatic heterocycles. The van der Waals surface area contributed by atoms with E-state index in [4.69, 9.17) is 5.11 Å². The number of hydrogen-bond donors (Lipinski definition) is 1. The summed E-state index contributed by atoms with van der Waals surface area (Å²) in [7, 11) is 0. The molecule has 0 bridgehead atoms. The molecule has 0 saturated heterocycles. The summed E-state index contributed by atoms with van der Waals surface area (Å²) in [6.07, 6.45) is 2.72. The summed E-state index contributed by atoms with van der Waals surface area (Å²) < 4.78 is 0. The topological polar surface area (TPSA) is 40.5 Å². The molecule has 118 valence electrons. The highest BCUT2D eigenvalue weighted by Crippen LogP contribution is 2.34. The van der Waals surface area contributed by atoms with Crippen LogP contribution in [0.5, 0.6) is 0 Å². The highest BCUT2D eigenvalue weighted by atomic mass is 16.4. The van der Waals surface area contributed by atoms with E-state index in [1.807, 2.05) is 60.7 Å². The minimum atomic E-state index is -0.950. The first-order valence-corrected chi connectivity index (χ1v) is 7.65. The van der Waals surface area contributed by atoms with Gasteiger partial charge in [-0.2, -0.15) is 0 Å². The third-order valence-corrected chi connectivity index (χ3v) is 3.60. The number of carboxylic acids is 1. The number of aliphatic carboxylic acids is 1. The third-order valence-electron chi connectivity index (χ3n) is 3.60. The van der Waals surface area contributed by atoms with Crippen molar-refractivity contribution >= 4 is 29.1 Å². The number of para-hydroxylation sites is 2. The maximum absolute atomic E-state index is 10.6. The largest absolute Gasteiger partial charge is 0.478 e. The number of carbonyl (C=O) groups is 1. The van der Waals surface area contributed by atoms with E-state index in [1.165, 1.54) is 0 Å². The quantitative estimate of drug-likeness (QED) is 0.653. The van der Waals surface area contributed by atoms with Crippen LogP contribution in [0.4, 0.5) is 17.1 Å². The summed E-state index contributed by atoms with van der Waals surface area (Å²) >= 11 is 0. The number of nitrogens with zero attached hydrogens (tertiary/aromatic N) is 1. The molecule has 0 atom stereocenters. The number of rotatable bonds is 5. The van der Waals surface area contributed by atoms with E-state index in [-0.39, 0.29) is 0 Å². The molecule has 0 aliphatic heterocycles. The van der Waals surface area contributed by atoms with Crippen LogP contribution in [0.25, 0.3) is 6.08 Å². The third kappa shape index (κ3) is 3.70. The zero-order valence-electron chi connectivity index (χ0n) is 13.0. The van der Waals surface area contributed by atoms with Gasteiger partial charge in [-0.25, -0.2) is 4.79 Å². The zero-order valence-corrected chi connectivity index (χ0v) is 13.0. The van der Waals surface area contributed by atoms with E-state index in [0.29, 0.717) is 0 Å². The maximum atomic E-state index is 10.6. The van der Waals surface area contributed by atoms with Crippen molar-refractivity contribution in [1.29, 1.82) is 0 Å². The van der Waals surface area contributed by atoms with E-state index in [9.17, 15) is 4.79 Å². The van der Waals surface area contributed by atoms with Gasteiger partial charge in [0.25, 0.3) is 0 Å². The minimum absolute atomic E-state index is 0.849. The van der Waals surface area contributed by atoms with Gasteiger partial charge >= 0.3 is 5.97 Å². The van der Waals surface area contributed by atoms with Crippen LogP contribution in [-0.2, 0) is 4.79 Å². The smallest absolute Gasteiger partial charge is 0.328 e. The normalized spacial score (nSPS) is 10.7. The molecule has 3 aromatic rings. The second kappa shape index (κ2) is 7.29. The molecule has 0 fully saturated rings. The average Bonchev–Trinajstić information content (AvgIpc) is 2.63. The molecule has 0 aliphatic rings. The summed E-state index contributed by atoms with van der Waals surface area (Å²) in [5.74, 6) is -0.950. The molecule has 0 amide bonds. The van der Waals surface area contributed by atoms with Crippen molar-refractivity contribution in [3.63, 3.8) is 0 Å². The van der Waals surface area contributed by atoms with Gasteiger partial charge in [0.1, 0.15) is 0 Å². The first-order valence-electron chi connectivity index (χ1n) is 7.65. The molecule has 3 rings (SSSR count). The highest BCUT2D eigenvalue weighted by molar-refractivity contribution is 5.85. The average molecular weight is 315 g/mol. The molecule has 0 radical (unpaired) electrons. The SMILES string of the molecule is O=C(O)C=Cc1ccc(N(c2ccccc2)c2ccccc2)cc1. The Morgan fingerprint density at radius 3 is 1.62 bits per heavy atom. The Morgan fingerprint density at radius 2 is 1.17 bits per heavy atom. The number of anilines is 3. The molecular formula is C21H17NO2. The van der Waals surface area contributed by atoms with E-state index >= 15 is 0 Å². The highest BCUT2D eigenvalue weighted by Gasteiger charge is 2.11.